The maximum atomic E-state index is 13.5. The molecule has 0 spiro atoms. The van der Waals surface area contributed by atoms with Gasteiger partial charge in [0, 0.05) is 27.4 Å². The van der Waals surface area contributed by atoms with E-state index < -0.39 is 11.7 Å². The summed E-state index contributed by atoms with van der Waals surface area (Å²) < 4.78 is 13.2. The van der Waals surface area contributed by atoms with Crippen molar-refractivity contribution in [3.8, 4) is 6.07 Å². The first-order valence-corrected chi connectivity index (χ1v) is 12.7. The molecule has 1 aromatic heterocycles. The SMILES string of the molecule is CC1=C(C(=O)Nc2ccccc2C)[C@@H](c2cccs2)C(C#N)=C(SCC(=O)c2ccc(F)cc2)N1. The second kappa shape index (κ2) is 10.7. The van der Waals surface area contributed by atoms with Crippen molar-refractivity contribution in [1.82, 2.24) is 5.32 Å². The van der Waals surface area contributed by atoms with Crippen LogP contribution in [0.3, 0.4) is 0 Å². The molecule has 1 aliphatic rings. The number of nitrogens with zero attached hydrogens (tertiary/aromatic N) is 1. The number of nitriles is 1. The van der Waals surface area contributed by atoms with Crippen molar-refractivity contribution in [2.45, 2.75) is 19.8 Å². The highest BCUT2D eigenvalue weighted by molar-refractivity contribution is 8.03. The molecule has 1 atom stereocenters. The molecule has 0 bridgehead atoms. The quantitative estimate of drug-likeness (QED) is 0.378. The van der Waals surface area contributed by atoms with Gasteiger partial charge in [-0.25, -0.2) is 4.39 Å². The number of hydrogen-bond acceptors (Lipinski definition) is 6. The van der Waals surface area contributed by atoms with Gasteiger partial charge in [0.15, 0.2) is 5.78 Å². The van der Waals surface area contributed by atoms with Crippen molar-refractivity contribution >= 4 is 40.5 Å². The molecule has 0 aliphatic carbocycles. The Morgan fingerprint density at radius 1 is 1.11 bits per heavy atom. The van der Waals surface area contributed by atoms with Crippen molar-refractivity contribution < 1.29 is 14.0 Å². The van der Waals surface area contributed by atoms with E-state index in [4.69, 9.17) is 0 Å². The van der Waals surface area contributed by atoms with Gasteiger partial charge in [-0.05, 0) is 61.2 Å². The van der Waals surface area contributed by atoms with Gasteiger partial charge in [-0.3, -0.25) is 9.59 Å². The van der Waals surface area contributed by atoms with Crippen LogP contribution in [0.1, 0.15) is 33.6 Å². The highest BCUT2D eigenvalue weighted by atomic mass is 32.2. The van der Waals surface area contributed by atoms with Gasteiger partial charge < -0.3 is 10.6 Å². The van der Waals surface area contributed by atoms with E-state index >= 15 is 0 Å². The minimum Gasteiger partial charge on any atom is -0.353 e. The molecule has 0 fully saturated rings. The van der Waals surface area contributed by atoms with Gasteiger partial charge in [0.25, 0.3) is 5.91 Å². The van der Waals surface area contributed by atoms with Gasteiger partial charge in [0.1, 0.15) is 5.82 Å². The predicted molar refractivity (Wildman–Crippen MR) is 139 cm³/mol. The topological polar surface area (TPSA) is 82.0 Å². The molecule has 2 N–H and O–H groups in total. The Morgan fingerprint density at radius 3 is 2.51 bits per heavy atom. The van der Waals surface area contributed by atoms with Crippen LogP contribution in [-0.2, 0) is 4.79 Å². The Morgan fingerprint density at radius 2 is 1.86 bits per heavy atom. The molecule has 0 saturated heterocycles. The third-order valence-electron chi connectivity index (χ3n) is 5.63. The first-order valence-electron chi connectivity index (χ1n) is 10.8. The summed E-state index contributed by atoms with van der Waals surface area (Å²) in [5.41, 5.74) is 3.49. The molecule has 4 rings (SSSR count). The lowest BCUT2D eigenvalue weighted by molar-refractivity contribution is -0.113. The Balaban J connectivity index is 1.64. The number of carbonyl (C=O) groups is 2. The number of carbonyl (C=O) groups excluding carboxylic acids is 2. The number of thioether (sulfide) groups is 1. The zero-order valence-corrected chi connectivity index (χ0v) is 20.7. The van der Waals surface area contributed by atoms with E-state index in [0.717, 1.165) is 10.4 Å². The summed E-state index contributed by atoms with van der Waals surface area (Å²) in [6, 6.07) is 18.9. The highest BCUT2D eigenvalue weighted by Gasteiger charge is 2.35. The zero-order valence-electron chi connectivity index (χ0n) is 19.1. The van der Waals surface area contributed by atoms with E-state index in [1.54, 1.807) is 6.92 Å². The van der Waals surface area contributed by atoms with E-state index in [0.29, 0.717) is 33.1 Å². The van der Waals surface area contributed by atoms with Crippen molar-refractivity contribution in [1.29, 1.82) is 5.26 Å². The normalized spacial score (nSPS) is 15.4. The molecular weight excluding hydrogens is 481 g/mol. The number of hydrogen-bond donors (Lipinski definition) is 2. The molecule has 35 heavy (non-hydrogen) atoms. The smallest absolute Gasteiger partial charge is 0.254 e. The summed E-state index contributed by atoms with van der Waals surface area (Å²) >= 11 is 2.67. The van der Waals surface area contributed by atoms with Crippen LogP contribution < -0.4 is 10.6 Å². The van der Waals surface area contributed by atoms with Gasteiger partial charge in [-0.15, -0.1) is 11.3 Å². The maximum Gasteiger partial charge on any atom is 0.254 e. The molecular formula is C27H22FN3O2S2. The molecule has 0 saturated carbocycles. The van der Waals surface area contributed by atoms with Crippen LogP contribution in [0, 0.1) is 24.1 Å². The second-order valence-electron chi connectivity index (χ2n) is 7.95. The number of aryl methyl sites for hydroxylation is 1. The van der Waals surface area contributed by atoms with Crippen LogP contribution in [0.2, 0.25) is 0 Å². The average Bonchev–Trinajstić information content (AvgIpc) is 3.38. The molecule has 3 aromatic rings. The van der Waals surface area contributed by atoms with E-state index in [-0.39, 0.29) is 17.4 Å². The van der Waals surface area contributed by atoms with Crippen molar-refractivity contribution in [2.24, 2.45) is 0 Å². The first kappa shape index (κ1) is 24.5. The highest BCUT2D eigenvalue weighted by Crippen LogP contribution is 2.42. The van der Waals surface area contributed by atoms with Crippen molar-refractivity contribution in [2.75, 3.05) is 11.1 Å². The van der Waals surface area contributed by atoms with Crippen molar-refractivity contribution in [3.05, 3.63) is 110 Å². The predicted octanol–water partition coefficient (Wildman–Crippen LogP) is 6.15. The number of anilines is 1. The molecule has 0 radical (unpaired) electrons. The van der Waals surface area contributed by atoms with E-state index in [1.165, 1.54) is 47.4 Å². The van der Waals surface area contributed by atoms with Crippen LogP contribution >= 0.6 is 23.1 Å². The Kier molecular flexibility index (Phi) is 7.49. The summed E-state index contributed by atoms with van der Waals surface area (Å²) in [6.45, 7) is 3.71. The van der Waals surface area contributed by atoms with Gasteiger partial charge in [0.2, 0.25) is 0 Å². The number of Topliss-reactive ketones (excluding diaryl/α,β-unsaturated/α-hetero) is 1. The average molecular weight is 504 g/mol. The number of ketones is 1. The minimum atomic E-state index is -0.561. The maximum absolute atomic E-state index is 13.5. The standard InChI is InChI=1S/C27H22FN3O2S2/c1-16-6-3-4-7-21(16)31-26(33)24-17(2)30-27(20(14-29)25(24)23-8-5-13-34-23)35-15-22(32)18-9-11-19(28)12-10-18/h3-13,25,30H,15H2,1-2H3,(H,31,33)/t25-/m1/s1. The molecule has 2 heterocycles. The monoisotopic (exact) mass is 503 g/mol. The van der Waals surface area contributed by atoms with Crippen LogP contribution in [0.25, 0.3) is 0 Å². The van der Waals surface area contributed by atoms with Gasteiger partial charge in [0.05, 0.1) is 28.3 Å². The number of para-hydroxylation sites is 1. The number of amides is 1. The molecule has 1 amide bonds. The van der Waals surface area contributed by atoms with Crippen LogP contribution in [0.5, 0.6) is 0 Å². The molecule has 0 unspecified atom stereocenters. The molecule has 8 heteroatoms. The fraction of sp³-hybridized carbons (Fsp3) is 0.148. The Labute approximate surface area is 211 Å². The second-order valence-corrected chi connectivity index (χ2v) is 9.92. The zero-order chi connectivity index (χ0) is 24.9. The summed E-state index contributed by atoms with van der Waals surface area (Å²) in [7, 11) is 0. The summed E-state index contributed by atoms with van der Waals surface area (Å²) in [6.07, 6.45) is 0. The molecule has 2 aromatic carbocycles. The number of halogens is 1. The molecule has 5 nitrogen and oxygen atoms in total. The lowest BCUT2D eigenvalue weighted by Crippen LogP contribution is -2.30. The fourth-order valence-electron chi connectivity index (χ4n) is 3.83. The Bertz CT molecular complexity index is 1370. The number of thiophene rings is 1. The van der Waals surface area contributed by atoms with Crippen LogP contribution in [0.4, 0.5) is 10.1 Å². The largest absolute Gasteiger partial charge is 0.353 e. The number of allylic oxidation sites excluding steroid dienone is 2. The Hall–Kier alpha value is -3.67. The summed E-state index contributed by atoms with van der Waals surface area (Å²) in [5.74, 6) is -1.38. The number of dihydropyridines is 1. The van der Waals surface area contributed by atoms with E-state index in [1.807, 2.05) is 48.7 Å². The number of rotatable bonds is 7. The van der Waals surface area contributed by atoms with Crippen molar-refractivity contribution in [3.63, 3.8) is 0 Å². The molecule has 1 aliphatic heterocycles. The number of benzene rings is 2. The lowest BCUT2D eigenvalue weighted by Gasteiger charge is -2.29. The minimum absolute atomic E-state index is 0.0638. The summed E-state index contributed by atoms with van der Waals surface area (Å²) in [5, 5.41) is 18.7. The number of nitrogens with one attached hydrogen (secondary N) is 2. The van der Waals surface area contributed by atoms with E-state index in [9.17, 15) is 19.2 Å². The van der Waals surface area contributed by atoms with E-state index in [2.05, 4.69) is 16.7 Å². The van der Waals surface area contributed by atoms with Gasteiger partial charge in [-0.1, -0.05) is 36.0 Å². The lowest BCUT2D eigenvalue weighted by atomic mass is 9.86. The third-order valence-corrected chi connectivity index (χ3v) is 7.58. The molecule has 176 valence electrons. The van der Waals surface area contributed by atoms with Gasteiger partial charge >= 0.3 is 0 Å². The third kappa shape index (κ3) is 5.37. The van der Waals surface area contributed by atoms with Gasteiger partial charge in [-0.2, -0.15) is 5.26 Å². The van der Waals surface area contributed by atoms with Crippen LogP contribution in [-0.4, -0.2) is 17.4 Å². The first-order chi connectivity index (χ1) is 16.9. The summed E-state index contributed by atoms with van der Waals surface area (Å²) in [4.78, 5) is 27.0. The van der Waals surface area contributed by atoms with Crippen LogP contribution in [0.15, 0.2) is 87.9 Å². The fourth-order valence-corrected chi connectivity index (χ4v) is 5.66.